The Kier molecular flexibility index (Phi) is 6.26. The molecule has 2 aromatic heterocycles. The highest BCUT2D eigenvalue weighted by atomic mass is 32.2. The van der Waals surface area contributed by atoms with E-state index in [1.54, 1.807) is 17.1 Å². The molecule has 0 radical (unpaired) electrons. The van der Waals surface area contributed by atoms with Crippen LogP contribution in [0.2, 0.25) is 0 Å². The van der Waals surface area contributed by atoms with E-state index >= 15 is 0 Å². The van der Waals surface area contributed by atoms with Crippen LogP contribution in [-0.2, 0) is 23.1 Å². The molecule has 0 atom stereocenters. The van der Waals surface area contributed by atoms with Crippen LogP contribution in [0.5, 0.6) is 0 Å². The van der Waals surface area contributed by atoms with Crippen molar-refractivity contribution in [3.05, 3.63) is 101 Å². The molecule has 0 aliphatic heterocycles. The lowest BCUT2D eigenvalue weighted by molar-refractivity contribution is 0.102. The highest BCUT2D eigenvalue weighted by Gasteiger charge is 2.15. The van der Waals surface area contributed by atoms with Crippen molar-refractivity contribution in [1.82, 2.24) is 14.5 Å². The predicted molar refractivity (Wildman–Crippen MR) is 121 cm³/mol. The summed E-state index contributed by atoms with van der Waals surface area (Å²) in [7, 11) is -3.65. The second-order valence-corrected chi connectivity index (χ2v) is 9.59. The summed E-state index contributed by atoms with van der Waals surface area (Å²) in [5.74, 6) is -0.338. The summed E-state index contributed by atoms with van der Waals surface area (Å²) in [4.78, 5) is 13.5. The van der Waals surface area contributed by atoms with Gasteiger partial charge in [-0.25, -0.2) is 13.1 Å². The molecular formula is C22H20N4O3S2. The van der Waals surface area contributed by atoms with Crippen LogP contribution in [0, 0.1) is 0 Å². The van der Waals surface area contributed by atoms with Crippen LogP contribution in [0.15, 0.2) is 89.4 Å². The third-order valence-corrected chi connectivity index (χ3v) is 6.82. The molecule has 2 heterocycles. The number of thiophene rings is 1. The zero-order chi connectivity index (χ0) is 21.7. The molecule has 0 saturated carbocycles. The SMILES string of the molecule is O=C(Nc1cnn(Cc2ccccc2)c1)c1ccc(S(=O)(=O)NCc2cccs2)cc1. The molecule has 0 aliphatic carbocycles. The van der Waals surface area contributed by atoms with Crippen LogP contribution in [-0.4, -0.2) is 24.1 Å². The quantitative estimate of drug-likeness (QED) is 0.426. The first kappa shape index (κ1) is 21.0. The van der Waals surface area contributed by atoms with Crippen LogP contribution < -0.4 is 10.0 Å². The summed E-state index contributed by atoms with van der Waals surface area (Å²) in [6.45, 7) is 0.830. The third-order valence-electron chi connectivity index (χ3n) is 4.52. The Labute approximate surface area is 184 Å². The molecule has 7 nitrogen and oxygen atoms in total. The molecule has 4 aromatic rings. The van der Waals surface area contributed by atoms with Crippen molar-refractivity contribution in [2.45, 2.75) is 18.0 Å². The normalized spacial score (nSPS) is 11.4. The van der Waals surface area contributed by atoms with Gasteiger partial charge in [0, 0.05) is 23.2 Å². The standard InChI is InChI=1S/C22H20N4O3S2/c27-22(25-19-13-23-26(16-19)15-17-5-2-1-3-6-17)18-8-10-21(11-9-18)31(28,29)24-14-20-7-4-12-30-20/h1-13,16,24H,14-15H2,(H,25,27). The van der Waals surface area contributed by atoms with Crippen molar-refractivity contribution in [3.8, 4) is 0 Å². The minimum absolute atomic E-state index is 0.108. The van der Waals surface area contributed by atoms with Crippen LogP contribution in [0.1, 0.15) is 20.8 Å². The number of nitrogens with zero attached hydrogens (tertiary/aromatic N) is 2. The van der Waals surface area contributed by atoms with Gasteiger partial charge in [-0.3, -0.25) is 9.48 Å². The number of rotatable bonds is 8. The first-order valence-corrected chi connectivity index (χ1v) is 11.9. The summed E-state index contributed by atoms with van der Waals surface area (Å²) in [5, 5.41) is 8.93. The molecule has 0 fully saturated rings. The van der Waals surface area contributed by atoms with Gasteiger partial charge in [0.25, 0.3) is 5.91 Å². The number of amides is 1. The fraction of sp³-hybridized carbons (Fsp3) is 0.0909. The topological polar surface area (TPSA) is 93.1 Å². The number of hydrogen-bond acceptors (Lipinski definition) is 5. The molecule has 0 aliphatic rings. The fourth-order valence-corrected chi connectivity index (χ4v) is 4.68. The number of nitrogens with one attached hydrogen (secondary N) is 2. The Balaban J connectivity index is 1.37. The van der Waals surface area contributed by atoms with Crippen molar-refractivity contribution < 1.29 is 13.2 Å². The molecule has 2 N–H and O–H groups in total. The van der Waals surface area contributed by atoms with Gasteiger partial charge in [-0.15, -0.1) is 11.3 Å². The first-order valence-electron chi connectivity index (χ1n) is 9.49. The van der Waals surface area contributed by atoms with Crippen molar-refractivity contribution in [3.63, 3.8) is 0 Å². The smallest absolute Gasteiger partial charge is 0.255 e. The Morgan fingerprint density at radius 2 is 1.77 bits per heavy atom. The zero-order valence-electron chi connectivity index (χ0n) is 16.4. The van der Waals surface area contributed by atoms with Gasteiger partial charge in [-0.1, -0.05) is 36.4 Å². The van der Waals surface area contributed by atoms with Gasteiger partial charge in [0.05, 0.1) is 23.3 Å². The van der Waals surface area contributed by atoms with E-state index in [2.05, 4.69) is 15.1 Å². The van der Waals surface area contributed by atoms with E-state index in [9.17, 15) is 13.2 Å². The van der Waals surface area contributed by atoms with Crippen molar-refractivity contribution >= 4 is 33.0 Å². The van der Waals surface area contributed by atoms with Crippen LogP contribution >= 0.6 is 11.3 Å². The number of carbonyl (C=O) groups is 1. The molecule has 31 heavy (non-hydrogen) atoms. The summed E-state index contributed by atoms with van der Waals surface area (Å²) < 4.78 is 29.2. The van der Waals surface area contributed by atoms with Gasteiger partial charge in [0.2, 0.25) is 10.0 Å². The Morgan fingerprint density at radius 3 is 2.48 bits per heavy atom. The van der Waals surface area contributed by atoms with Crippen molar-refractivity contribution in [2.75, 3.05) is 5.32 Å². The predicted octanol–water partition coefficient (Wildman–Crippen LogP) is 3.72. The van der Waals surface area contributed by atoms with E-state index in [1.165, 1.54) is 35.6 Å². The molecule has 0 saturated heterocycles. The van der Waals surface area contributed by atoms with Gasteiger partial charge in [0.15, 0.2) is 0 Å². The number of carbonyl (C=O) groups excluding carboxylic acids is 1. The average Bonchev–Trinajstić information content (AvgIpc) is 3.45. The fourth-order valence-electron chi connectivity index (χ4n) is 2.94. The lowest BCUT2D eigenvalue weighted by Crippen LogP contribution is -2.23. The lowest BCUT2D eigenvalue weighted by atomic mass is 10.2. The monoisotopic (exact) mass is 452 g/mol. The lowest BCUT2D eigenvalue weighted by Gasteiger charge is -2.07. The Bertz CT molecular complexity index is 1250. The highest BCUT2D eigenvalue weighted by Crippen LogP contribution is 2.15. The van der Waals surface area contributed by atoms with Gasteiger partial charge < -0.3 is 5.32 Å². The first-order chi connectivity index (χ1) is 15.0. The van der Waals surface area contributed by atoms with E-state index in [-0.39, 0.29) is 17.3 Å². The van der Waals surface area contributed by atoms with E-state index in [4.69, 9.17) is 0 Å². The number of hydrogen-bond donors (Lipinski definition) is 2. The molecule has 4 rings (SSSR count). The van der Waals surface area contributed by atoms with Crippen LogP contribution in [0.3, 0.4) is 0 Å². The molecule has 9 heteroatoms. The number of benzene rings is 2. The van der Waals surface area contributed by atoms with E-state index in [0.29, 0.717) is 17.8 Å². The third kappa shape index (κ3) is 5.46. The van der Waals surface area contributed by atoms with Gasteiger partial charge in [-0.05, 0) is 41.3 Å². The van der Waals surface area contributed by atoms with E-state index < -0.39 is 10.0 Å². The Morgan fingerprint density at radius 1 is 1.00 bits per heavy atom. The Hall–Kier alpha value is -3.27. The summed E-state index contributed by atoms with van der Waals surface area (Å²) >= 11 is 1.48. The van der Waals surface area contributed by atoms with Gasteiger partial charge >= 0.3 is 0 Å². The molecule has 2 aromatic carbocycles. The maximum Gasteiger partial charge on any atom is 0.255 e. The molecule has 0 bridgehead atoms. The number of sulfonamides is 1. The molecule has 1 amide bonds. The summed E-state index contributed by atoms with van der Waals surface area (Å²) in [6, 6.07) is 19.4. The van der Waals surface area contributed by atoms with Crippen LogP contribution in [0.4, 0.5) is 5.69 Å². The highest BCUT2D eigenvalue weighted by molar-refractivity contribution is 7.89. The maximum absolute atomic E-state index is 12.5. The van der Waals surface area contributed by atoms with Gasteiger partial charge in [-0.2, -0.15) is 5.10 Å². The molecule has 0 unspecified atom stereocenters. The minimum atomic E-state index is -3.65. The molecule has 158 valence electrons. The van der Waals surface area contributed by atoms with Crippen molar-refractivity contribution in [1.29, 1.82) is 0 Å². The van der Waals surface area contributed by atoms with Crippen molar-refractivity contribution in [2.24, 2.45) is 0 Å². The summed E-state index contributed by atoms with van der Waals surface area (Å²) in [5.41, 5.74) is 2.02. The number of anilines is 1. The number of aromatic nitrogens is 2. The second-order valence-electron chi connectivity index (χ2n) is 6.79. The largest absolute Gasteiger partial charge is 0.319 e. The average molecular weight is 453 g/mol. The van der Waals surface area contributed by atoms with E-state index in [0.717, 1.165) is 10.4 Å². The maximum atomic E-state index is 12.5. The van der Waals surface area contributed by atoms with Crippen LogP contribution in [0.25, 0.3) is 0 Å². The van der Waals surface area contributed by atoms with Gasteiger partial charge in [0.1, 0.15) is 0 Å². The van der Waals surface area contributed by atoms with E-state index in [1.807, 2.05) is 47.8 Å². The minimum Gasteiger partial charge on any atom is -0.319 e. The molecule has 0 spiro atoms. The second kappa shape index (κ2) is 9.25. The summed E-state index contributed by atoms with van der Waals surface area (Å²) in [6.07, 6.45) is 3.33. The zero-order valence-corrected chi connectivity index (χ0v) is 18.1. The molecular weight excluding hydrogens is 432 g/mol.